The Morgan fingerprint density at radius 3 is 2.63 bits per heavy atom. The highest BCUT2D eigenvalue weighted by atomic mass is 32.2. The molecule has 0 N–H and O–H groups in total. The summed E-state index contributed by atoms with van der Waals surface area (Å²) in [6.45, 7) is 6.22. The predicted molar refractivity (Wildman–Crippen MR) is 77.3 cm³/mol. The highest BCUT2D eigenvalue weighted by Gasteiger charge is 2.15. The number of esters is 1. The first-order chi connectivity index (χ1) is 9.17. The highest BCUT2D eigenvalue weighted by Crippen LogP contribution is 2.26. The molecule has 19 heavy (non-hydrogen) atoms. The van der Waals surface area contributed by atoms with Crippen molar-refractivity contribution in [3.63, 3.8) is 0 Å². The normalized spacial score (nSPS) is 11.1. The van der Waals surface area contributed by atoms with Crippen molar-refractivity contribution in [2.45, 2.75) is 30.9 Å². The second-order valence-electron chi connectivity index (χ2n) is 3.70. The molecule has 4 heteroatoms. The number of carbonyl (C=O) groups is 1. The number of hydrogen-bond acceptors (Lipinski definition) is 4. The van der Waals surface area contributed by atoms with Gasteiger partial charge >= 0.3 is 5.97 Å². The maximum atomic E-state index is 11.5. The van der Waals surface area contributed by atoms with E-state index in [2.05, 4.69) is 11.8 Å². The second kappa shape index (κ2) is 8.49. The van der Waals surface area contributed by atoms with E-state index < -0.39 is 0 Å². The predicted octanol–water partition coefficient (Wildman–Crippen LogP) is 3.13. The fraction of sp³-hybridized carbons (Fsp3) is 0.400. The zero-order chi connectivity index (χ0) is 14.1. The molecule has 0 saturated carbocycles. The Morgan fingerprint density at radius 2 is 2.05 bits per heavy atom. The van der Waals surface area contributed by atoms with E-state index >= 15 is 0 Å². The Kier molecular flexibility index (Phi) is 6.91. The molecule has 0 saturated heterocycles. The number of carbonyl (C=O) groups excluding carboxylic acids is 1. The Hall–Kier alpha value is -1.60. The van der Waals surface area contributed by atoms with Crippen molar-refractivity contribution in [3.05, 3.63) is 24.3 Å². The number of benzene rings is 1. The summed E-state index contributed by atoms with van der Waals surface area (Å²) in [5.41, 5.74) is 0. The zero-order valence-electron chi connectivity index (χ0n) is 11.4. The first-order valence-corrected chi connectivity index (χ1v) is 7.01. The lowest BCUT2D eigenvalue weighted by atomic mass is 10.3. The summed E-state index contributed by atoms with van der Waals surface area (Å²) < 4.78 is 10.4. The lowest BCUT2D eigenvalue weighted by Gasteiger charge is -2.10. The van der Waals surface area contributed by atoms with Crippen molar-refractivity contribution >= 4 is 17.7 Å². The Bertz CT molecular complexity index is 457. The van der Waals surface area contributed by atoms with Gasteiger partial charge in [-0.05, 0) is 45.0 Å². The molecule has 0 amide bonds. The van der Waals surface area contributed by atoms with Crippen LogP contribution in [-0.2, 0) is 9.53 Å². The molecule has 0 spiro atoms. The van der Waals surface area contributed by atoms with Crippen LogP contribution in [0.3, 0.4) is 0 Å². The molecule has 102 valence electrons. The van der Waals surface area contributed by atoms with Gasteiger partial charge in [0.15, 0.2) is 0 Å². The maximum Gasteiger partial charge on any atom is 0.319 e. The van der Waals surface area contributed by atoms with Crippen molar-refractivity contribution < 1.29 is 14.3 Å². The van der Waals surface area contributed by atoms with Gasteiger partial charge in [-0.1, -0.05) is 5.92 Å². The molecule has 1 rings (SSSR count). The van der Waals surface area contributed by atoms with Gasteiger partial charge in [0.05, 0.1) is 6.61 Å². The second-order valence-corrected chi connectivity index (χ2v) is 5.11. The van der Waals surface area contributed by atoms with Gasteiger partial charge in [-0.3, -0.25) is 4.79 Å². The summed E-state index contributed by atoms with van der Waals surface area (Å²) in [7, 11) is 0. The van der Waals surface area contributed by atoms with Gasteiger partial charge in [0.25, 0.3) is 0 Å². The fourth-order valence-electron chi connectivity index (χ4n) is 1.32. The van der Waals surface area contributed by atoms with Crippen molar-refractivity contribution in [3.8, 4) is 17.6 Å². The SMILES string of the molecule is CC#CCOc1ccc(SC(C)C(=O)OCC)cc1. The number of ether oxygens (including phenoxy) is 2. The van der Waals surface area contributed by atoms with Gasteiger partial charge in [0, 0.05) is 4.90 Å². The lowest BCUT2D eigenvalue weighted by molar-refractivity contribution is -0.142. The van der Waals surface area contributed by atoms with Crippen LogP contribution in [0, 0.1) is 11.8 Å². The van der Waals surface area contributed by atoms with Crippen molar-refractivity contribution in [2.24, 2.45) is 0 Å². The van der Waals surface area contributed by atoms with Crippen molar-refractivity contribution in [2.75, 3.05) is 13.2 Å². The monoisotopic (exact) mass is 278 g/mol. The Labute approximate surface area is 118 Å². The van der Waals surface area contributed by atoms with Gasteiger partial charge in [-0.25, -0.2) is 0 Å². The molecule has 3 nitrogen and oxygen atoms in total. The number of thioether (sulfide) groups is 1. The van der Waals surface area contributed by atoms with E-state index in [-0.39, 0.29) is 11.2 Å². The molecule has 1 aromatic carbocycles. The minimum Gasteiger partial charge on any atom is -0.481 e. The average Bonchev–Trinajstić information content (AvgIpc) is 2.41. The lowest BCUT2D eigenvalue weighted by Crippen LogP contribution is -2.16. The summed E-state index contributed by atoms with van der Waals surface area (Å²) in [4.78, 5) is 12.5. The number of hydrogen-bond donors (Lipinski definition) is 0. The third kappa shape index (κ3) is 5.71. The maximum absolute atomic E-state index is 11.5. The first-order valence-electron chi connectivity index (χ1n) is 6.13. The molecular formula is C15H18O3S. The molecule has 0 heterocycles. The van der Waals surface area contributed by atoms with Gasteiger partial charge in [-0.2, -0.15) is 0 Å². The molecule has 1 unspecified atom stereocenters. The Morgan fingerprint density at radius 1 is 1.37 bits per heavy atom. The van der Waals surface area contributed by atoms with Crippen LogP contribution in [0.25, 0.3) is 0 Å². The molecule has 0 radical (unpaired) electrons. The fourth-order valence-corrected chi connectivity index (χ4v) is 2.18. The summed E-state index contributed by atoms with van der Waals surface area (Å²) in [6.07, 6.45) is 0. The zero-order valence-corrected chi connectivity index (χ0v) is 12.3. The van der Waals surface area contributed by atoms with E-state index in [1.807, 2.05) is 31.2 Å². The first kappa shape index (κ1) is 15.5. The highest BCUT2D eigenvalue weighted by molar-refractivity contribution is 8.00. The molecule has 1 atom stereocenters. The van der Waals surface area contributed by atoms with Crippen LogP contribution in [-0.4, -0.2) is 24.4 Å². The van der Waals surface area contributed by atoms with Crippen LogP contribution in [0.1, 0.15) is 20.8 Å². The minimum atomic E-state index is -0.210. The third-order valence-corrected chi connectivity index (χ3v) is 3.33. The van der Waals surface area contributed by atoms with Gasteiger partial charge in [0.2, 0.25) is 0 Å². The Balaban J connectivity index is 2.51. The van der Waals surface area contributed by atoms with Gasteiger partial charge in [0.1, 0.15) is 17.6 Å². The van der Waals surface area contributed by atoms with Gasteiger partial charge in [-0.15, -0.1) is 17.7 Å². The quantitative estimate of drug-likeness (QED) is 0.455. The molecule has 0 aliphatic rings. The van der Waals surface area contributed by atoms with Crippen LogP contribution in [0.5, 0.6) is 5.75 Å². The topological polar surface area (TPSA) is 35.5 Å². The number of rotatable bonds is 6. The molecule has 0 aromatic heterocycles. The van der Waals surface area contributed by atoms with Crippen molar-refractivity contribution in [1.29, 1.82) is 0 Å². The van der Waals surface area contributed by atoms with E-state index in [4.69, 9.17) is 9.47 Å². The van der Waals surface area contributed by atoms with E-state index in [1.54, 1.807) is 13.8 Å². The summed E-state index contributed by atoms with van der Waals surface area (Å²) in [5.74, 6) is 6.19. The molecule has 0 aliphatic heterocycles. The van der Waals surface area contributed by atoms with E-state index in [0.717, 1.165) is 10.6 Å². The van der Waals surface area contributed by atoms with Crippen LogP contribution in [0.2, 0.25) is 0 Å². The third-order valence-electron chi connectivity index (χ3n) is 2.24. The van der Waals surface area contributed by atoms with Crippen LogP contribution in [0.4, 0.5) is 0 Å². The van der Waals surface area contributed by atoms with Crippen LogP contribution in [0.15, 0.2) is 29.2 Å². The standard InChI is InChI=1S/C15H18O3S/c1-4-6-11-18-13-7-9-14(10-8-13)19-12(3)15(16)17-5-2/h7-10,12H,5,11H2,1-3H3. The molecule has 1 aromatic rings. The van der Waals surface area contributed by atoms with Crippen LogP contribution < -0.4 is 4.74 Å². The van der Waals surface area contributed by atoms with Gasteiger partial charge < -0.3 is 9.47 Å². The molecule has 0 aliphatic carbocycles. The minimum absolute atomic E-state index is 0.189. The summed E-state index contributed by atoms with van der Waals surface area (Å²) >= 11 is 1.47. The largest absolute Gasteiger partial charge is 0.481 e. The van der Waals surface area contributed by atoms with E-state index in [1.165, 1.54) is 11.8 Å². The summed E-state index contributed by atoms with van der Waals surface area (Å²) in [5, 5.41) is -0.210. The average molecular weight is 278 g/mol. The van der Waals surface area contributed by atoms with E-state index in [0.29, 0.717) is 13.2 Å². The van der Waals surface area contributed by atoms with E-state index in [9.17, 15) is 4.79 Å². The van der Waals surface area contributed by atoms with Crippen LogP contribution >= 0.6 is 11.8 Å². The molecular weight excluding hydrogens is 260 g/mol. The smallest absolute Gasteiger partial charge is 0.319 e. The summed E-state index contributed by atoms with van der Waals surface area (Å²) in [6, 6.07) is 7.60. The molecule has 0 bridgehead atoms. The molecule has 0 fully saturated rings. The van der Waals surface area contributed by atoms with Crippen molar-refractivity contribution in [1.82, 2.24) is 0 Å².